The SMILES string of the molecule is CCCCCSc1nc(Cl)cc(Sc2nc(-c3cc(C)cc(C(F)(F)F)c3)n[nH]2)n1. The summed E-state index contributed by atoms with van der Waals surface area (Å²) in [7, 11) is 0. The van der Waals surface area contributed by atoms with Crippen molar-refractivity contribution in [3.8, 4) is 11.4 Å². The highest BCUT2D eigenvalue weighted by atomic mass is 35.5. The van der Waals surface area contributed by atoms with Crippen LogP contribution in [-0.4, -0.2) is 30.9 Å². The fraction of sp³-hybridized carbons (Fsp3) is 0.368. The molecule has 1 aromatic carbocycles. The molecule has 30 heavy (non-hydrogen) atoms. The summed E-state index contributed by atoms with van der Waals surface area (Å²) >= 11 is 8.83. The highest BCUT2D eigenvalue weighted by molar-refractivity contribution is 7.99. The summed E-state index contributed by atoms with van der Waals surface area (Å²) in [6.07, 6.45) is -1.08. The average Bonchev–Trinajstić information content (AvgIpc) is 3.12. The molecule has 0 aliphatic heterocycles. The van der Waals surface area contributed by atoms with Crippen LogP contribution >= 0.6 is 35.1 Å². The number of alkyl halides is 3. The van der Waals surface area contributed by atoms with Gasteiger partial charge in [0.05, 0.1) is 5.56 Å². The number of H-pyrrole nitrogens is 1. The van der Waals surface area contributed by atoms with Crippen LogP contribution in [0.4, 0.5) is 13.2 Å². The Morgan fingerprint density at radius 1 is 1.07 bits per heavy atom. The van der Waals surface area contributed by atoms with E-state index < -0.39 is 11.7 Å². The minimum Gasteiger partial charge on any atom is -0.253 e. The van der Waals surface area contributed by atoms with Gasteiger partial charge in [-0.15, -0.1) is 0 Å². The Hall–Kier alpha value is -1.78. The standard InChI is InChI=1S/C19H19ClF3N5S2/c1-3-4-5-6-29-17-24-14(20)10-15(25-17)30-18-26-16(27-28-18)12-7-11(2)8-13(9-12)19(21,22)23/h7-10H,3-6H2,1-2H3,(H,26,27,28). The van der Waals surface area contributed by atoms with Crippen LogP contribution in [0.5, 0.6) is 0 Å². The smallest absolute Gasteiger partial charge is 0.253 e. The van der Waals surface area contributed by atoms with Crippen LogP contribution in [0.2, 0.25) is 5.15 Å². The molecule has 160 valence electrons. The number of aromatic amines is 1. The van der Waals surface area contributed by atoms with E-state index in [0.717, 1.165) is 37.1 Å². The first-order valence-electron chi connectivity index (χ1n) is 9.21. The molecule has 0 saturated heterocycles. The van der Waals surface area contributed by atoms with Crippen molar-refractivity contribution in [2.75, 3.05) is 5.75 Å². The van der Waals surface area contributed by atoms with Gasteiger partial charge in [0.25, 0.3) is 0 Å². The lowest BCUT2D eigenvalue weighted by atomic mass is 10.1. The molecule has 0 atom stereocenters. The second-order valence-corrected chi connectivity index (χ2v) is 8.98. The number of benzene rings is 1. The number of hydrogen-bond donors (Lipinski definition) is 1. The van der Waals surface area contributed by atoms with E-state index in [1.54, 1.807) is 19.1 Å². The van der Waals surface area contributed by atoms with Gasteiger partial charge in [-0.1, -0.05) is 43.1 Å². The Labute approximate surface area is 185 Å². The van der Waals surface area contributed by atoms with Crippen molar-refractivity contribution in [3.63, 3.8) is 0 Å². The Morgan fingerprint density at radius 3 is 2.60 bits per heavy atom. The van der Waals surface area contributed by atoms with Gasteiger partial charge in [0, 0.05) is 17.4 Å². The average molecular weight is 474 g/mol. The first kappa shape index (κ1) is 22.9. The Bertz CT molecular complexity index is 1010. The highest BCUT2D eigenvalue weighted by Gasteiger charge is 2.31. The predicted octanol–water partition coefficient (Wildman–Crippen LogP) is 6.68. The normalized spacial score (nSPS) is 11.8. The molecule has 2 aromatic heterocycles. The summed E-state index contributed by atoms with van der Waals surface area (Å²) < 4.78 is 39.2. The van der Waals surface area contributed by atoms with Crippen molar-refractivity contribution >= 4 is 35.1 Å². The van der Waals surface area contributed by atoms with E-state index >= 15 is 0 Å². The van der Waals surface area contributed by atoms with E-state index in [-0.39, 0.29) is 5.82 Å². The summed E-state index contributed by atoms with van der Waals surface area (Å²) in [6, 6.07) is 5.35. The third kappa shape index (κ3) is 6.36. The second kappa shape index (κ2) is 10.0. The number of hydrogen-bond acceptors (Lipinski definition) is 6. The zero-order valence-corrected chi connectivity index (χ0v) is 18.6. The minimum atomic E-state index is -4.43. The molecule has 3 aromatic rings. The van der Waals surface area contributed by atoms with Crippen molar-refractivity contribution in [1.82, 2.24) is 25.1 Å². The lowest BCUT2D eigenvalue weighted by Crippen LogP contribution is -2.05. The van der Waals surface area contributed by atoms with Crippen molar-refractivity contribution in [3.05, 3.63) is 40.5 Å². The van der Waals surface area contributed by atoms with Crippen molar-refractivity contribution in [2.24, 2.45) is 0 Å². The molecule has 0 unspecified atom stereocenters. The van der Waals surface area contributed by atoms with Gasteiger partial charge in [0.1, 0.15) is 10.2 Å². The van der Waals surface area contributed by atoms with Crippen molar-refractivity contribution in [1.29, 1.82) is 0 Å². The van der Waals surface area contributed by atoms with E-state index in [2.05, 4.69) is 32.1 Å². The van der Waals surface area contributed by atoms with E-state index in [4.69, 9.17) is 11.6 Å². The number of unbranched alkanes of at least 4 members (excludes halogenated alkanes) is 2. The first-order valence-corrected chi connectivity index (χ1v) is 11.4. The fourth-order valence-corrected chi connectivity index (χ4v) is 4.54. The maximum Gasteiger partial charge on any atom is 0.416 e. The van der Waals surface area contributed by atoms with Crippen LogP contribution in [0.3, 0.4) is 0 Å². The lowest BCUT2D eigenvalue weighted by Gasteiger charge is -2.09. The third-order valence-electron chi connectivity index (χ3n) is 3.96. The number of nitrogens with one attached hydrogen (secondary N) is 1. The van der Waals surface area contributed by atoms with Gasteiger partial charge in [0.15, 0.2) is 16.1 Å². The quantitative estimate of drug-likeness (QED) is 0.170. The van der Waals surface area contributed by atoms with E-state index in [1.807, 2.05) is 0 Å². The minimum absolute atomic E-state index is 0.181. The van der Waals surface area contributed by atoms with Crippen LogP contribution in [0.25, 0.3) is 11.4 Å². The molecule has 5 nitrogen and oxygen atoms in total. The molecule has 0 spiro atoms. The molecule has 11 heteroatoms. The van der Waals surface area contributed by atoms with Crippen LogP contribution < -0.4 is 0 Å². The largest absolute Gasteiger partial charge is 0.416 e. The highest BCUT2D eigenvalue weighted by Crippen LogP contribution is 2.33. The van der Waals surface area contributed by atoms with Gasteiger partial charge in [-0.25, -0.2) is 15.0 Å². The van der Waals surface area contributed by atoms with E-state index in [9.17, 15) is 13.2 Å². The van der Waals surface area contributed by atoms with Gasteiger partial charge < -0.3 is 0 Å². The molecule has 0 amide bonds. The van der Waals surface area contributed by atoms with Gasteiger partial charge in [0.2, 0.25) is 0 Å². The fourth-order valence-electron chi connectivity index (χ4n) is 2.61. The molecule has 1 N–H and O–H groups in total. The summed E-state index contributed by atoms with van der Waals surface area (Å²) in [5.41, 5.74) is 0.0355. The molecule has 0 aliphatic rings. The number of aromatic nitrogens is 5. The summed E-state index contributed by atoms with van der Waals surface area (Å²) in [5, 5.41) is 8.67. The molecule has 0 fully saturated rings. The van der Waals surface area contributed by atoms with Gasteiger partial charge >= 0.3 is 6.18 Å². The van der Waals surface area contributed by atoms with Gasteiger partial charge in [-0.05, 0) is 48.9 Å². The van der Waals surface area contributed by atoms with Gasteiger partial charge in [-0.2, -0.15) is 18.3 Å². The molecule has 0 bridgehead atoms. The summed E-state index contributed by atoms with van der Waals surface area (Å²) in [6.45, 7) is 3.74. The molecule has 0 radical (unpaired) electrons. The molecule has 2 heterocycles. The summed E-state index contributed by atoms with van der Waals surface area (Å²) in [4.78, 5) is 13.0. The van der Waals surface area contributed by atoms with Crippen molar-refractivity contribution in [2.45, 2.75) is 54.6 Å². The van der Waals surface area contributed by atoms with Crippen LogP contribution in [-0.2, 0) is 6.18 Å². The molecular weight excluding hydrogens is 455 g/mol. The zero-order valence-electron chi connectivity index (χ0n) is 16.3. The maximum atomic E-state index is 13.1. The number of aryl methyl sites for hydroxylation is 1. The third-order valence-corrected chi connectivity index (χ3v) is 5.88. The Balaban J connectivity index is 1.76. The number of rotatable bonds is 8. The monoisotopic (exact) mass is 473 g/mol. The Morgan fingerprint density at radius 2 is 1.87 bits per heavy atom. The predicted molar refractivity (Wildman–Crippen MR) is 113 cm³/mol. The Kier molecular flexibility index (Phi) is 7.65. The van der Waals surface area contributed by atoms with Crippen LogP contribution in [0.15, 0.2) is 39.6 Å². The first-order chi connectivity index (χ1) is 14.2. The lowest BCUT2D eigenvalue weighted by molar-refractivity contribution is -0.137. The molecule has 0 saturated carbocycles. The molecular formula is C19H19ClF3N5S2. The topological polar surface area (TPSA) is 67.3 Å². The second-order valence-electron chi connectivity index (χ2n) is 6.52. The molecule has 0 aliphatic carbocycles. The van der Waals surface area contributed by atoms with Crippen LogP contribution in [0.1, 0.15) is 37.3 Å². The van der Waals surface area contributed by atoms with E-state index in [0.29, 0.717) is 31.6 Å². The van der Waals surface area contributed by atoms with Crippen LogP contribution in [0, 0.1) is 6.92 Å². The van der Waals surface area contributed by atoms with Crippen molar-refractivity contribution < 1.29 is 13.2 Å². The maximum absolute atomic E-state index is 13.1. The van der Waals surface area contributed by atoms with Gasteiger partial charge in [-0.3, -0.25) is 5.10 Å². The van der Waals surface area contributed by atoms with E-state index in [1.165, 1.54) is 23.5 Å². The molecule has 3 rings (SSSR count). The number of thioether (sulfide) groups is 1. The number of halogens is 4. The number of nitrogens with zero attached hydrogens (tertiary/aromatic N) is 4. The summed E-state index contributed by atoms with van der Waals surface area (Å²) in [5.74, 6) is 1.08. The zero-order chi connectivity index (χ0) is 21.7.